The summed E-state index contributed by atoms with van der Waals surface area (Å²) in [6.07, 6.45) is 2.57. The van der Waals surface area contributed by atoms with Crippen LogP contribution in [0.15, 0.2) is 12.7 Å². The second-order valence-electron chi connectivity index (χ2n) is 4.04. The lowest BCUT2D eigenvalue weighted by molar-refractivity contribution is 0.146. The molecule has 1 aliphatic heterocycles. The normalized spacial score (nSPS) is 26.1. The number of hydrogen-bond donors (Lipinski definition) is 2. The highest BCUT2D eigenvalue weighted by molar-refractivity contribution is 4.85. The van der Waals surface area contributed by atoms with Crippen molar-refractivity contribution in [3.8, 4) is 0 Å². The molecule has 1 heterocycles. The van der Waals surface area contributed by atoms with Gasteiger partial charge in [0.25, 0.3) is 0 Å². The minimum Gasteiger partial charge on any atom is -0.392 e. The summed E-state index contributed by atoms with van der Waals surface area (Å²) in [5.41, 5.74) is 0. The zero-order chi connectivity index (χ0) is 11.1. The van der Waals surface area contributed by atoms with Crippen LogP contribution in [-0.4, -0.2) is 62.0 Å². The molecule has 0 aromatic heterocycles. The molecule has 15 heavy (non-hydrogen) atoms. The van der Waals surface area contributed by atoms with Crippen LogP contribution in [0.25, 0.3) is 0 Å². The Morgan fingerprint density at radius 2 is 2.47 bits per heavy atom. The van der Waals surface area contributed by atoms with Crippen molar-refractivity contribution in [2.75, 3.05) is 39.9 Å². The molecule has 2 atom stereocenters. The van der Waals surface area contributed by atoms with Crippen molar-refractivity contribution in [3.63, 3.8) is 0 Å². The lowest BCUT2D eigenvalue weighted by Crippen LogP contribution is -2.39. The van der Waals surface area contributed by atoms with E-state index in [-0.39, 0.29) is 6.10 Å². The number of nitrogens with one attached hydrogen (secondary N) is 1. The second kappa shape index (κ2) is 6.95. The van der Waals surface area contributed by atoms with Gasteiger partial charge in [-0.1, -0.05) is 6.08 Å². The third-order valence-electron chi connectivity index (χ3n) is 2.68. The maximum absolute atomic E-state index is 9.39. The fourth-order valence-electron chi connectivity index (χ4n) is 1.91. The van der Waals surface area contributed by atoms with Crippen LogP contribution in [0.1, 0.15) is 6.42 Å². The average Bonchev–Trinajstić information content (AvgIpc) is 2.61. The third kappa shape index (κ3) is 4.75. The topological polar surface area (TPSA) is 44.7 Å². The lowest BCUT2D eigenvalue weighted by Gasteiger charge is -2.23. The Hall–Kier alpha value is -0.420. The van der Waals surface area contributed by atoms with E-state index >= 15 is 0 Å². The third-order valence-corrected chi connectivity index (χ3v) is 2.68. The van der Waals surface area contributed by atoms with Crippen molar-refractivity contribution in [2.24, 2.45) is 0 Å². The molecule has 1 aliphatic rings. The van der Waals surface area contributed by atoms with Crippen LogP contribution in [0.5, 0.6) is 0 Å². The minimum absolute atomic E-state index is 0.178. The zero-order valence-electron chi connectivity index (χ0n) is 9.48. The molecular weight excluding hydrogens is 192 g/mol. The number of aliphatic hydroxyl groups is 1. The summed E-state index contributed by atoms with van der Waals surface area (Å²) >= 11 is 0. The first kappa shape index (κ1) is 12.6. The minimum atomic E-state index is -0.178. The number of nitrogens with zero attached hydrogens (tertiary/aromatic N) is 1. The largest absolute Gasteiger partial charge is 0.392 e. The number of rotatable bonds is 7. The van der Waals surface area contributed by atoms with Gasteiger partial charge in [-0.3, -0.25) is 4.90 Å². The van der Waals surface area contributed by atoms with Gasteiger partial charge in [0.1, 0.15) is 0 Å². The van der Waals surface area contributed by atoms with Gasteiger partial charge in [0, 0.05) is 39.3 Å². The molecule has 4 heteroatoms. The van der Waals surface area contributed by atoms with E-state index in [1.807, 2.05) is 6.08 Å². The van der Waals surface area contributed by atoms with E-state index in [1.165, 1.54) is 0 Å². The van der Waals surface area contributed by atoms with Crippen LogP contribution in [0.3, 0.4) is 0 Å². The standard InChI is InChI=1S/C11H22N2O2/c1-3-4-13(5-6-15-2)9-10-7-11(14)8-12-10/h3,10-12,14H,1,4-9H2,2H3. The predicted octanol–water partition coefficient (Wildman–Crippen LogP) is -0.156. The van der Waals surface area contributed by atoms with Crippen molar-refractivity contribution in [1.29, 1.82) is 0 Å². The summed E-state index contributed by atoms with van der Waals surface area (Å²) in [5.74, 6) is 0. The lowest BCUT2D eigenvalue weighted by atomic mass is 10.2. The molecule has 1 rings (SSSR count). The van der Waals surface area contributed by atoms with E-state index in [9.17, 15) is 5.11 Å². The van der Waals surface area contributed by atoms with Gasteiger partial charge >= 0.3 is 0 Å². The van der Waals surface area contributed by atoms with Crippen molar-refractivity contribution in [3.05, 3.63) is 12.7 Å². The summed E-state index contributed by atoms with van der Waals surface area (Å²) in [6, 6.07) is 0.400. The molecule has 0 saturated carbocycles. The number of ether oxygens (including phenoxy) is 1. The first-order chi connectivity index (χ1) is 7.26. The summed E-state index contributed by atoms with van der Waals surface area (Å²) in [5, 5.41) is 12.7. The number of aliphatic hydroxyl groups excluding tert-OH is 1. The molecule has 1 saturated heterocycles. The Labute approximate surface area is 91.9 Å². The Morgan fingerprint density at radius 3 is 3.00 bits per heavy atom. The van der Waals surface area contributed by atoms with Crippen LogP contribution < -0.4 is 5.32 Å². The van der Waals surface area contributed by atoms with E-state index in [4.69, 9.17) is 4.74 Å². The maximum atomic E-state index is 9.39. The van der Waals surface area contributed by atoms with Crippen LogP contribution in [0, 0.1) is 0 Å². The molecule has 0 amide bonds. The molecule has 0 aromatic carbocycles. The highest BCUT2D eigenvalue weighted by Gasteiger charge is 2.23. The molecule has 4 nitrogen and oxygen atoms in total. The van der Waals surface area contributed by atoms with E-state index in [1.54, 1.807) is 7.11 Å². The zero-order valence-corrected chi connectivity index (χ0v) is 9.48. The first-order valence-electron chi connectivity index (χ1n) is 5.50. The van der Waals surface area contributed by atoms with Gasteiger partial charge in [0.2, 0.25) is 0 Å². The molecule has 1 fully saturated rings. The summed E-state index contributed by atoms with van der Waals surface area (Å²) in [7, 11) is 1.71. The van der Waals surface area contributed by atoms with Gasteiger partial charge in [-0.05, 0) is 6.42 Å². The smallest absolute Gasteiger partial charge is 0.0680 e. The Kier molecular flexibility index (Phi) is 5.86. The Bertz CT molecular complexity index is 187. The highest BCUT2D eigenvalue weighted by Crippen LogP contribution is 2.07. The van der Waals surface area contributed by atoms with E-state index in [2.05, 4.69) is 16.8 Å². The van der Waals surface area contributed by atoms with Crippen LogP contribution in [0.4, 0.5) is 0 Å². The van der Waals surface area contributed by atoms with Gasteiger partial charge in [0.05, 0.1) is 12.7 Å². The van der Waals surface area contributed by atoms with Gasteiger partial charge in [-0.15, -0.1) is 6.58 Å². The fourth-order valence-corrected chi connectivity index (χ4v) is 1.91. The van der Waals surface area contributed by atoms with Crippen molar-refractivity contribution >= 4 is 0 Å². The SMILES string of the molecule is C=CCN(CCOC)CC1CC(O)CN1. The van der Waals surface area contributed by atoms with E-state index in [0.717, 1.165) is 39.2 Å². The maximum Gasteiger partial charge on any atom is 0.0680 e. The Balaban J connectivity index is 2.26. The van der Waals surface area contributed by atoms with Gasteiger partial charge in [0.15, 0.2) is 0 Å². The van der Waals surface area contributed by atoms with E-state index < -0.39 is 0 Å². The van der Waals surface area contributed by atoms with E-state index in [0.29, 0.717) is 6.04 Å². The van der Waals surface area contributed by atoms with Gasteiger partial charge in [-0.2, -0.15) is 0 Å². The van der Waals surface area contributed by atoms with Gasteiger partial charge in [-0.25, -0.2) is 0 Å². The van der Waals surface area contributed by atoms with Crippen LogP contribution in [0.2, 0.25) is 0 Å². The molecule has 0 aromatic rings. The number of hydrogen-bond acceptors (Lipinski definition) is 4. The monoisotopic (exact) mass is 214 g/mol. The molecule has 0 spiro atoms. The summed E-state index contributed by atoms with van der Waals surface area (Å²) in [4.78, 5) is 2.28. The summed E-state index contributed by atoms with van der Waals surface area (Å²) in [6.45, 7) is 7.94. The van der Waals surface area contributed by atoms with Crippen LogP contribution >= 0.6 is 0 Å². The highest BCUT2D eigenvalue weighted by atomic mass is 16.5. The second-order valence-corrected chi connectivity index (χ2v) is 4.04. The van der Waals surface area contributed by atoms with Crippen molar-refractivity contribution in [1.82, 2.24) is 10.2 Å². The first-order valence-corrected chi connectivity index (χ1v) is 5.50. The van der Waals surface area contributed by atoms with Crippen molar-refractivity contribution < 1.29 is 9.84 Å². The Morgan fingerprint density at radius 1 is 1.67 bits per heavy atom. The molecule has 0 bridgehead atoms. The molecule has 2 N–H and O–H groups in total. The molecule has 88 valence electrons. The molecule has 2 unspecified atom stereocenters. The summed E-state index contributed by atoms with van der Waals surface area (Å²) < 4.78 is 5.06. The van der Waals surface area contributed by atoms with Crippen LogP contribution in [-0.2, 0) is 4.74 Å². The van der Waals surface area contributed by atoms with Gasteiger partial charge < -0.3 is 15.2 Å². The quantitative estimate of drug-likeness (QED) is 0.578. The molecule has 0 aliphatic carbocycles. The average molecular weight is 214 g/mol. The number of β-amino-alcohol motifs (C(OH)–C–C–N with tert-alkyl or cyclic N) is 1. The molecule has 0 radical (unpaired) electrons. The van der Waals surface area contributed by atoms with Crippen molar-refractivity contribution in [2.45, 2.75) is 18.6 Å². The molecular formula is C11H22N2O2. The fraction of sp³-hybridized carbons (Fsp3) is 0.818. The number of methoxy groups -OCH3 is 1. The predicted molar refractivity (Wildman–Crippen MR) is 60.9 cm³/mol.